The van der Waals surface area contributed by atoms with E-state index in [1.54, 1.807) is 19.3 Å². The quantitative estimate of drug-likeness (QED) is 0.278. The molecule has 2 amide bonds. The molecule has 5 aromatic rings. The molecule has 0 bridgehead atoms. The number of anilines is 1. The maximum Gasteiger partial charge on any atom is 0.253 e. The molecule has 0 saturated heterocycles. The van der Waals surface area contributed by atoms with Gasteiger partial charge in [0, 0.05) is 31.8 Å². The molecule has 2 heterocycles. The number of carbonyl (C=O) groups is 2. The van der Waals surface area contributed by atoms with Crippen LogP contribution in [0.2, 0.25) is 0 Å². The number of benzene rings is 3. The van der Waals surface area contributed by atoms with E-state index in [0.717, 1.165) is 27.4 Å². The highest BCUT2D eigenvalue weighted by atomic mass is 16.2. The van der Waals surface area contributed by atoms with Gasteiger partial charge in [-0.1, -0.05) is 42.5 Å². The third-order valence-electron chi connectivity index (χ3n) is 6.74. The Balaban J connectivity index is 1.50. The molecule has 0 spiro atoms. The summed E-state index contributed by atoms with van der Waals surface area (Å²) in [6.45, 7) is 2.49. The van der Waals surface area contributed by atoms with Gasteiger partial charge in [0.05, 0.1) is 22.6 Å². The molecule has 192 valence electrons. The lowest BCUT2D eigenvalue weighted by Crippen LogP contribution is -2.27. The van der Waals surface area contributed by atoms with Crippen molar-refractivity contribution < 1.29 is 9.59 Å². The lowest BCUT2D eigenvalue weighted by molar-refractivity contribution is -0.120. The van der Waals surface area contributed by atoms with Crippen LogP contribution in [0.3, 0.4) is 0 Å². The number of hydrogen-bond acceptors (Lipinski definition) is 5. The first-order chi connectivity index (χ1) is 18.4. The third-order valence-corrected chi connectivity index (χ3v) is 6.74. The van der Waals surface area contributed by atoms with Gasteiger partial charge in [0.25, 0.3) is 5.91 Å². The average molecular weight is 507 g/mol. The number of carbonyl (C=O) groups excluding carboxylic acids is 2. The minimum Gasteiger partial charge on any atom is -0.384 e. The lowest BCUT2D eigenvalue weighted by atomic mass is 10.0. The number of pyridine rings is 1. The Morgan fingerprint density at radius 3 is 2.58 bits per heavy atom. The fourth-order valence-electron chi connectivity index (χ4n) is 4.70. The number of rotatable bonds is 8. The van der Waals surface area contributed by atoms with Crippen molar-refractivity contribution in [2.45, 2.75) is 32.4 Å². The first-order valence-corrected chi connectivity index (χ1v) is 12.7. The first kappa shape index (κ1) is 25.0. The summed E-state index contributed by atoms with van der Waals surface area (Å²) >= 11 is 0. The van der Waals surface area contributed by atoms with E-state index in [2.05, 4.69) is 39.9 Å². The molecule has 2 aromatic heterocycles. The molecule has 4 N–H and O–H groups in total. The zero-order valence-corrected chi connectivity index (χ0v) is 21.4. The van der Waals surface area contributed by atoms with E-state index in [9.17, 15) is 9.59 Å². The van der Waals surface area contributed by atoms with Gasteiger partial charge in [-0.2, -0.15) is 0 Å². The zero-order chi connectivity index (χ0) is 26.6. The largest absolute Gasteiger partial charge is 0.384 e. The minimum atomic E-state index is -0.201. The van der Waals surface area contributed by atoms with Crippen molar-refractivity contribution in [3.05, 3.63) is 90.1 Å². The highest BCUT2D eigenvalue weighted by molar-refractivity contribution is 6.06. The number of fused-ring (bicyclic) bond motifs is 2. The van der Waals surface area contributed by atoms with Gasteiger partial charge in [0.15, 0.2) is 0 Å². The monoisotopic (exact) mass is 506 g/mol. The van der Waals surface area contributed by atoms with Gasteiger partial charge >= 0.3 is 0 Å². The summed E-state index contributed by atoms with van der Waals surface area (Å²) in [6, 6.07) is 23.3. The summed E-state index contributed by atoms with van der Waals surface area (Å²) in [5.41, 5.74) is 9.55. The molecule has 38 heavy (non-hydrogen) atoms. The second kappa shape index (κ2) is 10.7. The molecule has 0 saturated carbocycles. The number of nitrogens with zero attached hydrogens (tertiary/aromatic N) is 3. The Morgan fingerprint density at radius 1 is 1.00 bits per heavy atom. The van der Waals surface area contributed by atoms with E-state index in [1.165, 1.54) is 0 Å². The molecule has 0 unspecified atom stereocenters. The number of nitrogen functional groups attached to an aromatic ring is 1. The molecule has 0 fully saturated rings. The fourth-order valence-corrected chi connectivity index (χ4v) is 4.70. The van der Waals surface area contributed by atoms with Crippen LogP contribution >= 0.6 is 0 Å². The average Bonchev–Trinajstić information content (AvgIpc) is 3.31. The van der Waals surface area contributed by atoms with Gasteiger partial charge in [-0.15, -0.1) is 0 Å². The Hall–Kier alpha value is -4.72. The molecule has 8 heteroatoms. The molecule has 3 aromatic carbocycles. The van der Waals surface area contributed by atoms with Crippen LogP contribution in [0.5, 0.6) is 0 Å². The number of amides is 2. The number of nitrogens with one attached hydrogen (secondary N) is 2. The Bertz CT molecular complexity index is 1620. The molecule has 0 radical (unpaired) electrons. The van der Waals surface area contributed by atoms with E-state index in [-0.39, 0.29) is 17.9 Å². The van der Waals surface area contributed by atoms with Crippen LogP contribution < -0.4 is 16.4 Å². The maximum absolute atomic E-state index is 13.6. The number of aromatic nitrogens is 3. The van der Waals surface area contributed by atoms with Crippen molar-refractivity contribution in [3.8, 4) is 11.4 Å². The van der Waals surface area contributed by atoms with Crippen molar-refractivity contribution in [1.29, 1.82) is 0 Å². The summed E-state index contributed by atoms with van der Waals surface area (Å²) in [5, 5.41) is 8.11. The third kappa shape index (κ3) is 5.06. The van der Waals surface area contributed by atoms with Gasteiger partial charge in [0.2, 0.25) is 5.91 Å². The number of aryl methyl sites for hydroxylation is 1. The lowest BCUT2D eigenvalue weighted by Gasteiger charge is -2.17. The van der Waals surface area contributed by atoms with E-state index < -0.39 is 0 Å². The van der Waals surface area contributed by atoms with Gasteiger partial charge in [-0.05, 0) is 60.0 Å². The number of hydrogen-bond donors (Lipinski definition) is 3. The molecule has 1 atom stereocenters. The van der Waals surface area contributed by atoms with Crippen LogP contribution in [0.4, 0.5) is 5.82 Å². The molecule has 8 nitrogen and oxygen atoms in total. The molecular weight excluding hydrogens is 476 g/mol. The van der Waals surface area contributed by atoms with Crippen molar-refractivity contribution in [2.75, 3.05) is 12.8 Å². The van der Waals surface area contributed by atoms with Crippen LogP contribution in [0.25, 0.3) is 33.2 Å². The van der Waals surface area contributed by atoms with Crippen molar-refractivity contribution in [3.63, 3.8) is 0 Å². The predicted molar refractivity (Wildman–Crippen MR) is 151 cm³/mol. The highest BCUT2D eigenvalue weighted by Crippen LogP contribution is 2.29. The van der Waals surface area contributed by atoms with E-state index in [4.69, 9.17) is 10.7 Å². The van der Waals surface area contributed by atoms with Gasteiger partial charge in [-0.3, -0.25) is 9.59 Å². The summed E-state index contributed by atoms with van der Waals surface area (Å²) in [5.74, 6) is 0.865. The van der Waals surface area contributed by atoms with Crippen LogP contribution in [-0.2, 0) is 11.3 Å². The minimum absolute atomic E-state index is 0.0349. The zero-order valence-electron chi connectivity index (χ0n) is 21.4. The van der Waals surface area contributed by atoms with Crippen molar-refractivity contribution in [1.82, 2.24) is 25.2 Å². The van der Waals surface area contributed by atoms with Crippen LogP contribution in [0.15, 0.2) is 79.0 Å². The summed E-state index contributed by atoms with van der Waals surface area (Å²) in [7, 11) is 1.62. The predicted octanol–water partition coefficient (Wildman–Crippen LogP) is 4.85. The van der Waals surface area contributed by atoms with E-state index >= 15 is 0 Å². The first-order valence-electron chi connectivity index (χ1n) is 12.7. The standard InChI is InChI=1S/C30H30N6O2/c1-19(21-13-12-20-7-3-4-8-22(20)17-21)34-30(38)24-9-5-10-25-28(24)36(16-6-11-27(37)32-2)29(35-25)23-14-15-26(31)33-18-23/h3-5,7-10,12-15,17-19H,6,11,16H2,1-2H3,(H2,31,33)(H,32,37)(H,34,38)/t19-/m0/s1. The summed E-state index contributed by atoms with van der Waals surface area (Å²) in [6.07, 6.45) is 2.63. The molecular formula is C30H30N6O2. The number of nitrogens with two attached hydrogens (primary N) is 1. The van der Waals surface area contributed by atoms with Crippen molar-refractivity contribution >= 4 is 39.4 Å². The van der Waals surface area contributed by atoms with Crippen LogP contribution in [0, 0.1) is 0 Å². The number of imidazole rings is 1. The van der Waals surface area contributed by atoms with E-state index in [0.29, 0.717) is 42.1 Å². The van der Waals surface area contributed by atoms with Crippen molar-refractivity contribution in [2.24, 2.45) is 0 Å². The smallest absolute Gasteiger partial charge is 0.253 e. The highest BCUT2D eigenvalue weighted by Gasteiger charge is 2.21. The Labute approximate surface area is 220 Å². The van der Waals surface area contributed by atoms with Gasteiger partial charge < -0.3 is 20.9 Å². The fraction of sp³-hybridized carbons (Fsp3) is 0.200. The second-order valence-corrected chi connectivity index (χ2v) is 9.31. The summed E-state index contributed by atoms with van der Waals surface area (Å²) < 4.78 is 2.00. The normalized spacial score (nSPS) is 11.9. The van der Waals surface area contributed by atoms with E-state index in [1.807, 2.05) is 54.0 Å². The summed E-state index contributed by atoms with van der Waals surface area (Å²) in [4.78, 5) is 34.6. The Morgan fingerprint density at radius 2 is 1.82 bits per heavy atom. The molecule has 0 aliphatic carbocycles. The molecule has 0 aliphatic heterocycles. The van der Waals surface area contributed by atoms with Crippen LogP contribution in [0.1, 0.15) is 41.7 Å². The molecule has 0 aliphatic rings. The molecule has 5 rings (SSSR count). The van der Waals surface area contributed by atoms with Gasteiger partial charge in [-0.25, -0.2) is 9.97 Å². The van der Waals surface area contributed by atoms with Crippen LogP contribution in [-0.4, -0.2) is 33.4 Å². The SMILES string of the molecule is CNC(=O)CCCn1c(-c2ccc(N)nc2)nc2cccc(C(=O)N[C@@H](C)c3ccc4ccccc4c3)c21. The maximum atomic E-state index is 13.6. The number of para-hydroxylation sites is 1. The Kier molecular flexibility index (Phi) is 7.04. The van der Waals surface area contributed by atoms with Gasteiger partial charge in [0.1, 0.15) is 11.6 Å². The topological polar surface area (TPSA) is 115 Å². The second-order valence-electron chi connectivity index (χ2n) is 9.31.